The Bertz CT molecular complexity index is 736. The summed E-state index contributed by atoms with van der Waals surface area (Å²) in [6, 6.07) is 7.83. The van der Waals surface area contributed by atoms with Crippen LogP contribution in [0.25, 0.3) is 6.08 Å². The maximum absolute atomic E-state index is 13.7. The standard InChI is InChI=1S/C17H13Cl2F4N/c18-13-6-12(7-14(19)8-13)15(17(21,22)23)4-2-10-1-3-11(9-24)16(20)5-10/h1-8,15H,9,24H2/b4-2+. The van der Waals surface area contributed by atoms with E-state index in [2.05, 4.69) is 0 Å². The van der Waals surface area contributed by atoms with Gasteiger partial charge in [-0.25, -0.2) is 4.39 Å². The van der Waals surface area contributed by atoms with Crippen molar-refractivity contribution < 1.29 is 17.6 Å². The Balaban J connectivity index is 2.38. The van der Waals surface area contributed by atoms with Crippen LogP contribution in [-0.4, -0.2) is 6.18 Å². The summed E-state index contributed by atoms with van der Waals surface area (Å²) >= 11 is 11.6. The minimum atomic E-state index is -4.54. The van der Waals surface area contributed by atoms with Crippen LogP contribution < -0.4 is 5.73 Å². The molecule has 0 bridgehead atoms. The van der Waals surface area contributed by atoms with Crippen molar-refractivity contribution in [2.75, 3.05) is 0 Å². The van der Waals surface area contributed by atoms with Gasteiger partial charge in [0.2, 0.25) is 0 Å². The Hall–Kier alpha value is -1.56. The van der Waals surface area contributed by atoms with Crippen LogP contribution in [0.3, 0.4) is 0 Å². The van der Waals surface area contributed by atoms with Gasteiger partial charge in [0.1, 0.15) is 5.82 Å². The van der Waals surface area contributed by atoms with Gasteiger partial charge in [0.15, 0.2) is 0 Å². The van der Waals surface area contributed by atoms with Gasteiger partial charge in [-0.3, -0.25) is 0 Å². The highest BCUT2D eigenvalue weighted by atomic mass is 35.5. The fraction of sp³-hybridized carbons (Fsp3) is 0.176. The summed E-state index contributed by atoms with van der Waals surface area (Å²) < 4.78 is 53.7. The first-order valence-corrected chi connectivity index (χ1v) is 7.65. The molecule has 2 N–H and O–H groups in total. The van der Waals surface area contributed by atoms with E-state index in [1.54, 1.807) is 0 Å². The monoisotopic (exact) mass is 377 g/mol. The van der Waals surface area contributed by atoms with E-state index in [1.807, 2.05) is 0 Å². The van der Waals surface area contributed by atoms with Crippen molar-refractivity contribution in [2.45, 2.75) is 18.6 Å². The molecule has 0 amide bonds. The molecule has 0 aliphatic carbocycles. The molecule has 24 heavy (non-hydrogen) atoms. The molecule has 1 nitrogen and oxygen atoms in total. The van der Waals surface area contributed by atoms with Gasteiger partial charge in [-0.1, -0.05) is 47.5 Å². The molecular weight excluding hydrogens is 365 g/mol. The van der Waals surface area contributed by atoms with E-state index < -0.39 is 17.9 Å². The zero-order valence-corrected chi connectivity index (χ0v) is 13.8. The van der Waals surface area contributed by atoms with Crippen molar-refractivity contribution in [3.05, 3.63) is 75.0 Å². The Morgan fingerprint density at radius 2 is 1.67 bits per heavy atom. The maximum atomic E-state index is 13.7. The van der Waals surface area contributed by atoms with Crippen molar-refractivity contribution in [1.82, 2.24) is 0 Å². The molecule has 128 valence electrons. The van der Waals surface area contributed by atoms with Gasteiger partial charge in [-0.2, -0.15) is 13.2 Å². The molecule has 0 aliphatic heterocycles. The molecule has 2 aromatic carbocycles. The minimum absolute atomic E-state index is 0.0159. The summed E-state index contributed by atoms with van der Waals surface area (Å²) in [5.41, 5.74) is 5.86. The van der Waals surface area contributed by atoms with E-state index in [4.69, 9.17) is 28.9 Å². The average molecular weight is 378 g/mol. The number of halogens is 6. The molecule has 2 aromatic rings. The van der Waals surface area contributed by atoms with Crippen molar-refractivity contribution in [2.24, 2.45) is 5.73 Å². The van der Waals surface area contributed by atoms with Crippen LogP contribution in [0.4, 0.5) is 17.6 Å². The number of hydrogen-bond acceptors (Lipinski definition) is 1. The van der Waals surface area contributed by atoms with Gasteiger partial charge in [-0.05, 0) is 35.4 Å². The molecule has 0 aromatic heterocycles. The third-order valence-electron chi connectivity index (χ3n) is 3.37. The Kier molecular flexibility index (Phi) is 5.91. The Labute approximate surface area is 146 Å². The van der Waals surface area contributed by atoms with E-state index in [0.717, 1.165) is 12.1 Å². The number of benzene rings is 2. The lowest BCUT2D eigenvalue weighted by molar-refractivity contribution is -0.139. The van der Waals surface area contributed by atoms with E-state index in [9.17, 15) is 17.6 Å². The van der Waals surface area contributed by atoms with E-state index >= 15 is 0 Å². The normalized spacial score (nSPS) is 13.5. The van der Waals surface area contributed by atoms with Gasteiger partial charge in [0.05, 0.1) is 5.92 Å². The van der Waals surface area contributed by atoms with Crippen LogP contribution in [0.1, 0.15) is 22.6 Å². The molecule has 0 fully saturated rings. The first-order valence-electron chi connectivity index (χ1n) is 6.90. The lowest BCUT2D eigenvalue weighted by Crippen LogP contribution is -2.18. The molecule has 1 unspecified atom stereocenters. The Morgan fingerprint density at radius 3 is 2.17 bits per heavy atom. The molecule has 0 saturated heterocycles. The van der Waals surface area contributed by atoms with Crippen molar-refractivity contribution in [3.8, 4) is 0 Å². The third-order valence-corrected chi connectivity index (χ3v) is 3.81. The number of alkyl halides is 3. The highest BCUT2D eigenvalue weighted by Crippen LogP contribution is 2.38. The highest BCUT2D eigenvalue weighted by Gasteiger charge is 2.39. The molecule has 0 spiro atoms. The number of hydrogen-bond donors (Lipinski definition) is 1. The number of nitrogens with two attached hydrogens (primary N) is 1. The molecule has 0 radical (unpaired) electrons. The Morgan fingerprint density at radius 1 is 1.04 bits per heavy atom. The van der Waals surface area contributed by atoms with Crippen LogP contribution in [0.2, 0.25) is 10.0 Å². The first kappa shape index (κ1) is 18.8. The van der Waals surface area contributed by atoms with Crippen LogP contribution in [0.15, 0.2) is 42.5 Å². The lowest BCUT2D eigenvalue weighted by Gasteiger charge is -2.18. The van der Waals surface area contributed by atoms with Gasteiger partial charge in [0, 0.05) is 22.2 Å². The molecule has 1 atom stereocenters. The predicted molar refractivity (Wildman–Crippen MR) is 88.6 cm³/mol. The van der Waals surface area contributed by atoms with Crippen LogP contribution in [-0.2, 0) is 6.54 Å². The fourth-order valence-electron chi connectivity index (χ4n) is 2.20. The summed E-state index contributed by atoms with van der Waals surface area (Å²) in [5, 5.41) is 0.219. The van der Waals surface area contributed by atoms with Crippen LogP contribution in [0.5, 0.6) is 0 Å². The second-order valence-corrected chi connectivity index (χ2v) is 6.01. The van der Waals surface area contributed by atoms with E-state index in [0.29, 0.717) is 11.1 Å². The minimum Gasteiger partial charge on any atom is -0.326 e. The quantitative estimate of drug-likeness (QED) is 0.654. The largest absolute Gasteiger partial charge is 0.399 e. The molecular formula is C17H13Cl2F4N. The topological polar surface area (TPSA) is 26.0 Å². The van der Waals surface area contributed by atoms with Gasteiger partial charge in [-0.15, -0.1) is 0 Å². The number of allylic oxidation sites excluding steroid dienone is 1. The highest BCUT2D eigenvalue weighted by molar-refractivity contribution is 6.34. The molecule has 7 heteroatoms. The van der Waals surface area contributed by atoms with Gasteiger partial charge < -0.3 is 5.73 Å². The molecule has 0 saturated carbocycles. The summed E-state index contributed by atoms with van der Waals surface area (Å²) in [6.45, 7) is 0.0159. The summed E-state index contributed by atoms with van der Waals surface area (Å²) in [5.74, 6) is -2.47. The maximum Gasteiger partial charge on any atom is 0.399 e. The van der Waals surface area contributed by atoms with Crippen LogP contribution in [0, 0.1) is 5.82 Å². The zero-order valence-electron chi connectivity index (χ0n) is 12.2. The lowest BCUT2D eigenvalue weighted by atomic mass is 9.97. The molecule has 2 rings (SSSR count). The summed E-state index contributed by atoms with van der Waals surface area (Å²) in [7, 11) is 0. The first-order chi connectivity index (χ1) is 11.2. The van der Waals surface area contributed by atoms with E-state index in [-0.39, 0.29) is 22.2 Å². The smallest absolute Gasteiger partial charge is 0.326 e. The van der Waals surface area contributed by atoms with Gasteiger partial charge >= 0.3 is 6.18 Å². The molecule has 0 aliphatic rings. The third kappa shape index (κ3) is 4.72. The fourth-order valence-corrected chi connectivity index (χ4v) is 2.75. The van der Waals surface area contributed by atoms with Crippen molar-refractivity contribution in [1.29, 1.82) is 0 Å². The van der Waals surface area contributed by atoms with E-state index in [1.165, 1.54) is 36.4 Å². The average Bonchev–Trinajstić information content (AvgIpc) is 2.45. The summed E-state index contributed by atoms with van der Waals surface area (Å²) in [4.78, 5) is 0. The van der Waals surface area contributed by atoms with Gasteiger partial charge in [0.25, 0.3) is 0 Å². The SMILES string of the molecule is NCc1ccc(/C=C/C(c2cc(Cl)cc(Cl)c2)C(F)(F)F)cc1F. The second-order valence-electron chi connectivity index (χ2n) is 5.14. The van der Waals surface area contributed by atoms with Crippen LogP contribution >= 0.6 is 23.2 Å². The zero-order chi connectivity index (χ0) is 17.9. The molecule has 0 heterocycles. The van der Waals surface area contributed by atoms with Crippen molar-refractivity contribution >= 4 is 29.3 Å². The second kappa shape index (κ2) is 7.55. The van der Waals surface area contributed by atoms with Crippen molar-refractivity contribution in [3.63, 3.8) is 0 Å². The summed E-state index contributed by atoms with van der Waals surface area (Å²) in [6.07, 6.45) is -2.39. The predicted octanol–water partition coefficient (Wildman–Crippen LogP) is 5.95. The number of rotatable bonds is 4.